The summed E-state index contributed by atoms with van der Waals surface area (Å²) in [4.78, 5) is 0. The average Bonchev–Trinajstić information content (AvgIpc) is 2.29. The summed E-state index contributed by atoms with van der Waals surface area (Å²) >= 11 is 0. The van der Waals surface area contributed by atoms with Gasteiger partial charge in [0.15, 0.2) is 0 Å². The Labute approximate surface area is 97.0 Å². The van der Waals surface area contributed by atoms with Crippen LogP contribution in [0.25, 0.3) is 0 Å². The Balaban J connectivity index is 2.81. The fraction of sp³-hybridized carbons (Fsp3) is 0.538. The van der Waals surface area contributed by atoms with Gasteiger partial charge in [0.2, 0.25) is 0 Å². The molecule has 3 heteroatoms. The molecule has 2 unspecified atom stereocenters. The second-order valence-electron chi connectivity index (χ2n) is 4.43. The molecule has 2 atom stereocenters. The van der Waals surface area contributed by atoms with Crippen LogP contribution < -0.4 is 11.3 Å². The normalized spacial score (nSPS) is 14.8. The van der Waals surface area contributed by atoms with Crippen molar-refractivity contribution in [2.75, 3.05) is 0 Å². The third-order valence-corrected chi connectivity index (χ3v) is 3.30. The van der Waals surface area contributed by atoms with Gasteiger partial charge in [-0.15, -0.1) is 0 Å². The Hall–Kier alpha value is -0.930. The summed E-state index contributed by atoms with van der Waals surface area (Å²) in [6.45, 7) is 6.28. The minimum atomic E-state index is -0.180. The minimum Gasteiger partial charge on any atom is -0.271 e. The lowest BCUT2D eigenvalue weighted by Crippen LogP contribution is -2.41. The van der Waals surface area contributed by atoms with E-state index in [0.29, 0.717) is 5.92 Å². The third kappa shape index (κ3) is 3.29. The van der Waals surface area contributed by atoms with Gasteiger partial charge in [0.05, 0.1) is 0 Å². The Kier molecular flexibility index (Phi) is 4.90. The Morgan fingerprint density at radius 1 is 1.44 bits per heavy atom. The van der Waals surface area contributed by atoms with E-state index in [0.717, 1.165) is 24.0 Å². The van der Waals surface area contributed by atoms with Gasteiger partial charge in [0, 0.05) is 6.04 Å². The molecule has 3 N–H and O–H groups in total. The first kappa shape index (κ1) is 13.1. The second-order valence-corrected chi connectivity index (χ2v) is 4.43. The number of nitrogens with two attached hydrogens (primary N) is 1. The number of benzene rings is 1. The van der Waals surface area contributed by atoms with Crippen molar-refractivity contribution in [2.45, 2.75) is 39.7 Å². The molecule has 0 aliphatic heterocycles. The predicted molar refractivity (Wildman–Crippen MR) is 65.4 cm³/mol. The summed E-state index contributed by atoms with van der Waals surface area (Å²) in [5.41, 5.74) is 4.97. The van der Waals surface area contributed by atoms with E-state index in [4.69, 9.17) is 5.84 Å². The maximum absolute atomic E-state index is 13.1. The molecule has 2 nitrogen and oxygen atoms in total. The highest BCUT2D eigenvalue weighted by molar-refractivity contribution is 5.27. The third-order valence-electron chi connectivity index (χ3n) is 3.30. The highest BCUT2D eigenvalue weighted by Crippen LogP contribution is 2.17. The van der Waals surface area contributed by atoms with Crippen molar-refractivity contribution in [1.82, 2.24) is 5.43 Å². The van der Waals surface area contributed by atoms with Crippen molar-refractivity contribution in [3.63, 3.8) is 0 Å². The van der Waals surface area contributed by atoms with Crippen molar-refractivity contribution in [2.24, 2.45) is 11.8 Å². The summed E-state index contributed by atoms with van der Waals surface area (Å²) in [6.07, 6.45) is 1.83. The molecule has 0 bridgehead atoms. The minimum absolute atomic E-state index is 0.180. The number of hydrazine groups is 1. The van der Waals surface area contributed by atoms with Crippen LogP contribution in [-0.4, -0.2) is 6.04 Å². The van der Waals surface area contributed by atoms with E-state index in [-0.39, 0.29) is 11.9 Å². The summed E-state index contributed by atoms with van der Waals surface area (Å²) < 4.78 is 13.1. The number of hydrogen-bond acceptors (Lipinski definition) is 2. The standard InChI is InChI=1S/C13H21FN2/c1-4-9(2)13(16-15)8-11-7-12(14)6-5-10(11)3/h5-7,9,13,16H,4,8,15H2,1-3H3. The molecule has 0 radical (unpaired) electrons. The zero-order chi connectivity index (χ0) is 12.1. The number of aryl methyl sites for hydroxylation is 1. The van der Waals surface area contributed by atoms with Crippen LogP contribution in [0, 0.1) is 18.7 Å². The summed E-state index contributed by atoms with van der Waals surface area (Å²) in [5, 5.41) is 0. The maximum atomic E-state index is 13.1. The van der Waals surface area contributed by atoms with Gasteiger partial charge in [0.1, 0.15) is 5.82 Å². The van der Waals surface area contributed by atoms with Crippen LogP contribution >= 0.6 is 0 Å². The van der Waals surface area contributed by atoms with Gasteiger partial charge >= 0.3 is 0 Å². The van der Waals surface area contributed by atoms with Crippen molar-refractivity contribution in [3.05, 3.63) is 35.1 Å². The molecule has 0 aliphatic rings. The summed E-state index contributed by atoms with van der Waals surface area (Å²) in [6, 6.07) is 5.11. The van der Waals surface area contributed by atoms with Gasteiger partial charge < -0.3 is 0 Å². The number of hydrogen-bond donors (Lipinski definition) is 2. The van der Waals surface area contributed by atoms with E-state index in [1.54, 1.807) is 6.07 Å². The van der Waals surface area contributed by atoms with Crippen molar-refractivity contribution in [1.29, 1.82) is 0 Å². The molecule has 0 aliphatic carbocycles. The van der Waals surface area contributed by atoms with Crippen LogP contribution in [-0.2, 0) is 6.42 Å². The molecule has 0 spiro atoms. The molecule has 0 saturated carbocycles. The first-order valence-corrected chi connectivity index (χ1v) is 5.79. The molecule has 0 fully saturated rings. The molecular weight excluding hydrogens is 203 g/mol. The molecule has 0 saturated heterocycles. The molecule has 16 heavy (non-hydrogen) atoms. The zero-order valence-electron chi connectivity index (χ0n) is 10.3. The lowest BCUT2D eigenvalue weighted by Gasteiger charge is -2.22. The Bertz CT molecular complexity index is 339. The van der Waals surface area contributed by atoms with Crippen LogP contribution in [0.1, 0.15) is 31.4 Å². The summed E-state index contributed by atoms with van der Waals surface area (Å²) in [7, 11) is 0. The van der Waals surface area contributed by atoms with Crippen LogP contribution in [0.2, 0.25) is 0 Å². The molecule has 90 valence electrons. The maximum Gasteiger partial charge on any atom is 0.123 e. The van der Waals surface area contributed by atoms with E-state index >= 15 is 0 Å². The Morgan fingerprint density at radius 2 is 2.12 bits per heavy atom. The first-order chi connectivity index (χ1) is 7.58. The smallest absolute Gasteiger partial charge is 0.123 e. The topological polar surface area (TPSA) is 38.0 Å². The second kappa shape index (κ2) is 5.97. The molecule has 1 aromatic rings. The Morgan fingerprint density at radius 3 is 2.69 bits per heavy atom. The van der Waals surface area contributed by atoms with Crippen molar-refractivity contribution in [3.8, 4) is 0 Å². The lowest BCUT2D eigenvalue weighted by atomic mass is 9.92. The number of halogens is 1. The van der Waals surface area contributed by atoms with E-state index in [1.165, 1.54) is 6.07 Å². The van der Waals surface area contributed by atoms with Crippen molar-refractivity contribution >= 4 is 0 Å². The van der Waals surface area contributed by atoms with Crippen LogP contribution in [0.15, 0.2) is 18.2 Å². The molecule has 1 rings (SSSR count). The van der Waals surface area contributed by atoms with E-state index in [9.17, 15) is 4.39 Å². The largest absolute Gasteiger partial charge is 0.271 e. The predicted octanol–water partition coefficient (Wildman–Crippen LogP) is 2.55. The zero-order valence-corrected chi connectivity index (χ0v) is 10.3. The molecule has 1 aromatic carbocycles. The van der Waals surface area contributed by atoms with Crippen LogP contribution in [0.5, 0.6) is 0 Å². The fourth-order valence-electron chi connectivity index (χ4n) is 1.81. The van der Waals surface area contributed by atoms with Gasteiger partial charge in [0.25, 0.3) is 0 Å². The van der Waals surface area contributed by atoms with Crippen LogP contribution in [0.3, 0.4) is 0 Å². The first-order valence-electron chi connectivity index (χ1n) is 5.79. The van der Waals surface area contributed by atoms with E-state index < -0.39 is 0 Å². The number of rotatable bonds is 5. The average molecular weight is 224 g/mol. The molecular formula is C13H21FN2. The van der Waals surface area contributed by atoms with Crippen molar-refractivity contribution < 1.29 is 4.39 Å². The SMILES string of the molecule is CCC(C)C(Cc1cc(F)ccc1C)NN. The molecule has 0 amide bonds. The number of nitrogens with one attached hydrogen (secondary N) is 1. The van der Waals surface area contributed by atoms with Crippen LogP contribution in [0.4, 0.5) is 4.39 Å². The lowest BCUT2D eigenvalue weighted by molar-refractivity contribution is 0.369. The highest BCUT2D eigenvalue weighted by atomic mass is 19.1. The fourth-order valence-corrected chi connectivity index (χ4v) is 1.81. The quantitative estimate of drug-likeness (QED) is 0.596. The van der Waals surface area contributed by atoms with Gasteiger partial charge in [-0.25, -0.2) is 4.39 Å². The molecule has 0 heterocycles. The van der Waals surface area contributed by atoms with Gasteiger partial charge in [-0.3, -0.25) is 11.3 Å². The highest BCUT2D eigenvalue weighted by Gasteiger charge is 2.15. The van der Waals surface area contributed by atoms with Gasteiger partial charge in [-0.2, -0.15) is 0 Å². The van der Waals surface area contributed by atoms with E-state index in [1.807, 2.05) is 13.0 Å². The van der Waals surface area contributed by atoms with Gasteiger partial charge in [-0.05, 0) is 42.5 Å². The monoisotopic (exact) mass is 224 g/mol. The molecule has 0 aromatic heterocycles. The summed E-state index contributed by atoms with van der Waals surface area (Å²) in [5.74, 6) is 5.84. The van der Waals surface area contributed by atoms with E-state index in [2.05, 4.69) is 19.3 Å². The van der Waals surface area contributed by atoms with Gasteiger partial charge in [-0.1, -0.05) is 26.3 Å².